The van der Waals surface area contributed by atoms with Gasteiger partial charge < -0.3 is 0 Å². The number of halogens is 2. The Labute approximate surface area is 223 Å². The molecular weight excluding hydrogens is 580 g/mol. The minimum absolute atomic E-state index is 0.621. The minimum Gasteiger partial charge on any atom is -0.240 e. The first-order valence-corrected chi connectivity index (χ1v) is 12.4. The van der Waals surface area contributed by atoms with Crippen LogP contribution in [0.2, 0.25) is 0 Å². The summed E-state index contributed by atoms with van der Waals surface area (Å²) in [6.45, 7) is 0. The van der Waals surface area contributed by atoms with Gasteiger partial charge >= 0.3 is 0 Å². The van der Waals surface area contributed by atoms with Gasteiger partial charge in [-0.05, 0) is 80.4 Å². The molecule has 2 aromatic heterocycles. The molecule has 36 heavy (non-hydrogen) atoms. The van der Waals surface area contributed by atoms with Crippen LogP contribution in [0.4, 0.5) is 0 Å². The molecule has 0 aliphatic rings. The molecule has 0 saturated carbocycles. The SMILES string of the molecule is N#Cc1ccc(-n2cc3ccccc3n2)cc1Br.N#Cc1ccc(-n2ncc3ccccc32)cc1Br. The maximum atomic E-state index is 8.91. The molecular formula is C28H16Br2N6. The predicted molar refractivity (Wildman–Crippen MR) is 147 cm³/mol. The van der Waals surface area contributed by atoms with E-state index in [-0.39, 0.29) is 0 Å². The number of hydrogen-bond donors (Lipinski definition) is 0. The van der Waals surface area contributed by atoms with Crippen molar-refractivity contribution in [1.82, 2.24) is 19.6 Å². The van der Waals surface area contributed by atoms with Gasteiger partial charge in [0.05, 0.1) is 39.7 Å². The maximum absolute atomic E-state index is 8.91. The number of aromatic nitrogens is 4. The van der Waals surface area contributed by atoms with Gasteiger partial charge in [-0.25, -0.2) is 9.36 Å². The number of fused-ring (bicyclic) bond motifs is 2. The Kier molecular flexibility index (Phi) is 6.64. The Morgan fingerprint density at radius 1 is 0.694 bits per heavy atom. The van der Waals surface area contributed by atoms with Crippen LogP contribution in [0.25, 0.3) is 33.2 Å². The zero-order chi connectivity index (χ0) is 25.1. The fourth-order valence-corrected chi connectivity index (χ4v) is 4.65. The molecule has 6 rings (SSSR count). The average Bonchev–Trinajstić information content (AvgIpc) is 3.54. The van der Waals surface area contributed by atoms with Crippen molar-refractivity contribution in [1.29, 1.82) is 10.5 Å². The third-order valence-electron chi connectivity index (χ3n) is 5.55. The second kappa shape index (κ2) is 10.2. The van der Waals surface area contributed by atoms with Gasteiger partial charge in [0.15, 0.2) is 0 Å². The summed E-state index contributed by atoms with van der Waals surface area (Å²) >= 11 is 6.78. The van der Waals surface area contributed by atoms with E-state index in [0.29, 0.717) is 11.1 Å². The van der Waals surface area contributed by atoms with Crippen molar-refractivity contribution < 1.29 is 0 Å². The highest BCUT2D eigenvalue weighted by atomic mass is 79.9. The van der Waals surface area contributed by atoms with Gasteiger partial charge in [-0.3, -0.25) is 0 Å². The zero-order valence-corrected chi connectivity index (χ0v) is 21.8. The largest absolute Gasteiger partial charge is 0.240 e. The molecule has 6 aromatic rings. The van der Waals surface area contributed by atoms with Gasteiger partial charge in [0, 0.05) is 25.9 Å². The summed E-state index contributed by atoms with van der Waals surface area (Å²) < 4.78 is 5.24. The topological polar surface area (TPSA) is 83.2 Å². The Balaban J connectivity index is 0.000000148. The van der Waals surface area contributed by atoms with Gasteiger partial charge in [0.2, 0.25) is 0 Å². The molecule has 0 saturated heterocycles. The summed E-state index contributed by atoms with van der Waals surface area (Å²) in [4.78, 5) is 0. The second-order valence-electron chi connectivity index (χ2n) is 7.80. The third kappa shape index (κ3) is 4.65. The van der Waals surface area contributed by atoms with Crippen molar-refractivity contribution >= 4 is 53.7 Å². The van der Waals surface area contributed by atoms with E-state index in [9.17, 15) is 0 Å². The van der Waals surface area contributed by atoms with Crippen molar-refractivity contribution in [3.63, 3.8) is 0 Å². The van der Waals surface area contributed by atoms with Gasteiger partial charge in [-0.2, -0.15) is 20.7 Å². The number of hydrogen-bond acceptors (Lipinski definition) is 4. The van der Waals surface area contributed by atoms with Crippen LogP contribution < -0.4 is 0 Å². The smallest absolute Gasteiger partial charge is 0.100 e. The van der Waals surface area contributed by atoms with Gasteiger partial charge in [-0.1, -0.05) is 36.4 Å². The molecule has 172 valence electrons. The molecule has 0 amide bonds. The Morgan fingerprint density at radius 3 is 1.97 bits per heavy atom. The lowest BCUT2D eigenvalue weighted by Crippen LogP contribution is -1.96. The van der Waals surface area contributed by atoms with Gasteiger partial charge in [-0.15, -0.1) is 0 Å². The lowest BCUT2D eigenvalue weighted by molar-refractivity contribution is 0.895. The van der Waals surface area contributed by atoms with Crippen molar-refractivity contribution in [2.45, 2.75) is 0 Å². The Bertz CT molecular complexity index is 1760. The molecule has 0 aliphatic carbocycles. The normalized spacial score (nSPS) is 10.4. The summed E-state index contributed by atoms with van der Waals surface area (Å²) in [5.41, 5.74) is 5.11. The first-order chi connectivity index (χ1) is 17.6. The van der Waals surface area contributed by atoms with Gasteiger partial charge in [0.1, 0.15) is 12.1 Å². The molecule has 6 nitrogen and oxygen atoms in total. The van der Waals surface area contributed by atoms with Crippen LogP contribution in [0.15, 0.2) is 106 Å². The monoisotopic (exact) mass is 594 g/mol. The first-order valence-electron chi connectivity index (χ1n) is 10.8. The lowest BCUT2D eigenvalue weighted by atomic mass is 10.2. The third-order valence-corrected chi connectivity index (χ3v) is 6.86. The quantitative estimate of drug-likeness (QED) is 0.210. The zero-order valence-electron chi connectivity index (χ0n) is 18.7. The molecule has 0 unspecified atom stereocenters. The number of nitriles is 2. The van der Waals surface area contributed by atoms with Crippen molar-refractivity contribution in [3.05, 3.63) is 117 Å². The van der Waals surface area contributed by atoms with E-state index in [4.69, 9.17) is 10.5 Å². The van der Waals surface area contributed by atoms with E-state index < -0.39 is 0 Å². The molecule has 0 bridgehead atoms. The summed E-state index contributed by atoms with van der Waals surface area (Å²) in [6.07, 6.45) is 3.81. The highest BCUT2D eigenvalue weighted by Crippen LogP contribution is 2.24. The van der Waals surface area contributed by atoms with Crippen LogP contribution in [0.3, 0.4) is 0 Å². The molecule has 4 aromatic carbocycles. The summed E-state index contributed by atoms with van der Waals surface area (Å²) in [5.74, 6) is 0. The van der Waals surface area contributed by atoms with Crippen molar-refractivity contribution in [2.24, 2.45) is 0 Å². The van der Waals surface area contributed by atoms with E-state index in [0.717, 1.165) is 42.1 Å². The van der Waals surface area contributed by atoms with E-state index >= 15 is 0 Å². The van der Waals surface area contributed by atoms with Crippen LogP contribution in [-0.2, 0) is 0 Å². The fourth-order valence-electron chi connectivity index (χ4n) is 3.74. The maximum Gasteiger partial charge on any atom is 0.100 e. The highest BCUT2D eigenvalue weighted by Gasteiger charge is 2.07. The number of nitrogens with zero attached hydrogens (tertiary/aromatic N) is 6. The van der Waals surface area contributed by atoms with Crippen LogP contribution >= 0.6 is 31.9 Å². The van der Waals surface area contributed by atoms with Crippen molar-refractivity contribution in [3.8, 4) is 23.5 Å². The number of rotatable bonds is 2. The molecule has 0 spiro atoms. The molecule has 2 heterocycles. The van der Waals surface area contributed by atoms with Crippen LogP contribution in [0.1, 0.15) is 11.1 Å². The van der Waals surface area contributed by atoms with Crippen molar-refractivity contribution in [2.75, 3.05) is 0 Å². The predicted octanol–water partition coefficient (Wildman–Crippen LogP) is 7.32. The number of para-hydroxylation sites is 1. The minimum atomic E-state index is 0.621. The standard InChI is InChI=1S/2C14H8BrN3/c15-13-7-12(6-5-10(13)8-16)18-9-11-3-1-2-4-14(11)17-18;15-13-7-12(6-5-10(13)8-16)18-14-4-2-1-3-11(14)9-17-18/h2*1-7,9H. The lowest BCUT2D eigenvalue weighted by Gasteiger charge is -2.04. The molecule has 0 atom stereocenters. The van der Waals surface area contributed by atoms with Crippen LogP contribution in [0, 0.1) is 22.7 Å². The molecule has 0 aliphatic heterocycles. The van der Waals surface area contributed by atoms with Gasteiger partial charge in [0.25, 0.3) is 0 Å². The van der Waals surface area contributed by atoms with E-state index in [2.05, 4.69) is 54.2 Å². The first kappa shape index (κ1) is 23.5. The molecule has 0 N–H and O–H groups in total. The highest BCUT2D eigenvalue weighted by molar-refractivity contribution is 9.10. The van der Waals surface area contributed by atoms with Crippen LogP contribution in [-0.4, -0.2) is 19.6 Å². The number of benzene rings is 4. The van der Waals surface area contributed by atoms with E-state index in [1.807, 2.05) is 94.6 Å². The molecule has 0 radical (unpaired) electrons. The van der Waals surface area contributed by atoms with Crippen LogP contribution in [0.5, 0.6) is 0 Å². The molecule has 0 fully saturated rings. The van der Waals surface area contributed by atoms with E-state index in [1.54, 1.807) is 12.1 Å². The fraction of sp³-hybridized carbons (Fsp3) is 0. The average molecular weight is 596 g/mol. The second-order valence-corrected chi connectivity index (χ2v) is 9.51. The Hall–Kier alpha value is -4.24. The summed E-state index contributed by atoms with van der Waals surface area (Å²) in [6, 6.07) is 31.4. The molecule has 8 heteroatoms. The summed E-state index contributed by atoms with van der Waals surface area (Å²) in [5, 5.41) is 28.9. The summed E-state index contributed by atoms with van der Waals surface area (Å²) in [7, 11) is 0. The Morgan fingerprint density at radius 2 is 1.31 bits per heavy atom. The van der Waals surface area contributed by atoms with E-state index in [1.165, 1.54) is 0 Å².